The molecule has 4 aliphatic rings. The fraction of sp³-hybridized carbons (Fsp3) is 0.0400. The number of hydrogen-bond acceptors (Lipinski definition) is 6. The van der Waals surface area contributed by atoms with Gasteiger partial charge in [0.2, 0.25) is 0 Å². The largest absolute Gasteiger partial charge is 0.483 e. The van der Waals surface area contributed by atoms with Crippen LogP contribution in [0.3, 0.4) is 0 Å². The molecule has 2 heterocycles. The molecule has 17 rings (SSSR count). The highest BCUT2D eigenvalue weighted by molar-refractivity contribution is 6.26. The first kappa shape index (κ1) is 45.1. The average Bonchev–Trinajstić information content (AvgIpc) is 3.37. The highest BCUT2D eigenvalue weighted by Crippen LogP contribution is 2.65. The number of para-hydroxylation sites is 3. The molecule has 0 amide bonds. The number of rotatable bonds is 6. The minimum Gasteiger partial charge on any atom is -0.483 e. The molecule has 1 aliphatic heterocycles. The van der Waals surface area contributed by atoms with Gasteiger partial charge in [0.1, 0.15) is 17.4 Å². The molecule has 12 aromatic carbocycles. The van der Waals surface area contributed by atoms with Crippen molar-refractivity contribution < 1.29 is 9.15 Å². The minimum atomic E-state index is -0.828. The lowest BCUT2D eigenvalue weighted by molar-refractivity contribution is 0.253. The molecular formula is C75H44N4O2. The van der Waals surface area contributed by atoms with Crippen molar-refractivity contribution in [3.05, 3.63) is 299 Å². The second kappa shape index (κ2) is 17.0. The first-order chi connectivity index (χ1) is 40.1. The van der Waals surface area contributed by atoms with Crippen molar-refractivity contribution in [1.82, 2.24) is 0 Å². The van der Waals surface area contributed by atoms with Gasteiger partial charge in [0.25, 0.3) is 0 Å². The van der Waals surface area contributed by atoms with Gasteiger partial charge in [-0.05, 0) is 186 Å². The van der Waals surface area contributed by atoms with Crippen LogP contribution in [0.15, 0.2) is 265 Å². The molecule has 6 heteroatoms. The highest BCUT2D eigenvalue weighted by atomic mass is 16.5. The van der Waals surface area contributed by atoms with Gasteiger partial charge >= 0.3 is 0 Å². The van der Waals surface area contributed by atoms with Crippen LogP contribution >= 0.6 is 0 Å². The Balaban J connectivity index is 0.961. The number of allylic oxidation sites excluding steroid dienone is 2. The van der Waals surface area contributed by atoms with Gasteiger partial charge in [-0.25, -0.2) is 0 Å². The summed E-state index contributed by atoms with van der Waals surface area (Å²) < 4.78 is 13.8. The summed E-state index contributed by atoms with van der Waals surface area (Å²) in [6.07, 6.45) is 6.32. The third-order valence-corrected chi connectivity index (χ3v) is 17.7. The molecule has 6 nitrogen and oxygen atoms in total. The van der Waals surface area contributed by atoms with Crippen molar-refractivity contribution in [3.8, 4) is 40.1 Å². The molecule has 0 bridgehead atoms. The van der Waals surface area contributed by atoms with Crippen LogP contribution in [-0.2, 0) is 5.41 Å². The van der Waals surface area contributed by atoms with Crippen LogP contribution < -0.4 is 14.5 Å². The van der Waals surface area contributed by atoms with Crippen LogP contribution in [0, 0.1) is 22.7 Å². The standard InChI is InChI=1S/C75H44N4O2/c76-43-45-27-31-47(32-28-45)78(69-23-11-20-60-58-18-6-9-25-71(58)80-73(60)69)49-35-37-56-57-38-36-50(79(48-33-29-46(44-77)30-34-48)70-24-12-21-61-59-19-7-10-26-72(59)81-74(61)70)40-67(57)75(66(56)39-49)65-22-8-5-17-55(65)64-41-62-53-15-3-1-13-51(53)52-14-2-4-16-54(52)63(62)42-68(64)75/h1-42,60,73H. The van der Waals surface area contributed by atoms with Crippen molar-refractivity contribution in [3.63, 3.8) is 0 Å². The Morgan fingerprint density at radius 1 is 0.407 bits per heavy atom. The van der Waals surface area contributed by atoms with E-state index in [-0.39, 0.29) is 12.0 Å². The van der Waals surface area contributed by atoms with Crippen LogP contribution in [0.4, 0.5) is 28.4 Å². The van der Waals surface area contributed by atoms with Gasteiger partial charge in [-0.1, -0.05) is 146 Å². The van der Waals surface area contributed by atoms with E-state index in [1.807, 2.05) is 54.6 Å². The second-order valence-corrected chi connectivity index (χ2v) is 21.6. The van der Waals surface area contributed by atoms with Gasteiger partial charge in [0.05, 0.1) is 40.1 Å². The number of ether oxygens (including phenoxy) is 1. The summed E-state index contributed by atoms with van der Waals surface area (Å²) in [5.41, 5.74) is 18.2. The first-order valence-corrected chi connectivity index (χ1v) is 27.5. The van der Waals surface area contributed by atoms with E-state index >= 15 is 0 Å². The van der Waals surface area contributed by atoms with Gasteiger partial charge in [-0.15, -0.1) is 0 Å². The molecule has 0 saturated carbocycles. The van der Waals surface area contributed by atoms with Crippen LogP contribution in [0.25, 0.3) is 76.5 Å². The van der Waals surface area contributed by atoms with E-state index in [1.54, 1.807) is 0 Å². The molecule has 0 saturated heterocycles. The number of hydrogen-bond donors (Lipinski definition) is 0. The minimum absolute atomic E-state index is 0.0164. The Bertz CT molecular complexity index is 5030. The lowest BCUT2D eigenvalue weighted by Crippen LogP contribution is -2.33. The van der Waals surface area contributed by atoms with Crippen molar-refractivity contribution in [2.45, 2.75) is 17.4 Å². The molecule has 81 heavy (non-hydrogen) atoms. The summed E-state index contributed by atoms with van der Waals surface area (Å²) in [5.74, 6) is 0.907. The maximum Gasteiger partial charge on any atom is 0.159 e. The van der Waals surface area contributed by atoms with Crippen LogP contribution in [0.2, 0.25) is 0 Å². The number of furan rings is 1. The molecular weight excluding hydrogens is 989 g/mol. The Kier molecular flexibility index (Phi) is 9.49. The summed E-state index contributed by atoms with van der Waals surface area (Å²) in [7, 11) is 0. The molecule has 0 fully saturated rings. The van der Waals surface area contributed by atoms with Crippen molar-refractivity contribution in [1.29, 1.82) is 10.5 Å². The van der Waals surface area contributed by atoms with Gasteiger partial charge in [-0.2, -0.15) is 10.5 Å². The molecule has 0 N–H and O–H groups in total. The normalized spacial score (nSPS) is 16.8. The van der Waals surface area contributed by atoms with Gasteiger partial charge in [-0.3, -0.25) is 0 Å². The van der Waals surface area contributed by atoms with Crippen molar-refractivity contribution in [2.24, 2.45) is 0 Å². The van der Waals surface area contributed by atoms with Gasteiger partial charge in [0.15, 0.2) is 5.58 Å². The lowest BCUT2D eigenvalue weighted by atomic mass is 9.70. The summed E-state index contributed by atoms with van der Waals surface area (Å²) >= 11 is 0. The zero-order valence-corrected chi connectivity index (χ0v) is 43.5. The quantitative estimate of drug-likeness (QED) is 0.154. The summed E-state index contributed by atoms with van der Waals surface area (Å²) in [6, 6.07) is 89.2. The SMILES string of the molecule is N#Cc1ccc(N(C2=CC=CC3c4ccccc4OC23)c2ccc3c(c2)C2(c4ccccc4-c4cc5c6ccccc6c6ccccc6c5cc42)c2cc(N(c4ccc(C#N)cc4)c4cccc5c4oc4ccccc45)ccc2-3)cc1. The van der Waals surface area contributed by atoms with Crippen LogP contribution in [0.1, 0.15) is 44.9 Å². The fourth-order valence-electron chi connectivity index (χ4n) is 14.2. The molecule has 0 radical (unpaired) electrons. The van der Waals surface area contributed by atoms with E-state index < -0.39 is 5.41 Å². The van der Waals surface area contributed by atoms with Crippen LogP contribution in [0.5, 0.6) is 5.75 Å². The molecule has 3 aliphatic carbocycles. The number of nitriles is 2. The molecule has 3 unspecified atom stereocenters. The maximum atomic E-state index is 10.1. The summed E-state index contributed by atoms with van der Waals surface area (Å²) in [5, 5.41) is 29.5. The predicted octanol–water partition coefficient (Wildman–Crippen LogP) is 18.7. The predicted molar refractivity (Wildman–Crippen MR) is 326 cm³/mol. The third kappa shape index (κ3) is 6.30. The molecule has 1 aromatic heterocycles. The van der Waals surface area contributed by atoms with E-state index in [0.29, 0.717) is 11.1 Å². The highest BCUT2D eigenvalue weighted by Gasteiger charge is 2.53. The van der Waals surface area contributed by atoms with E-state index in [2.05, 4.69) is 222 Å². The van der Waals surface area contributed by atoms with Gasteiger partial charge < -0.3 is 19.0 Å². The average molecular weight is 1030 g/mol. The Labute approximate surface area is 466 Å². The van der Waals surface area contributed by atoms with E-state index in [9.17, 15) is 10.5 Å². The first-order valence-electron chi connectivity index (χ1n) is 27.5. The van der Waals surface area contributed by atoms with E-state index in [1.165, 1.54) is 65.7 Å². The topological polar surface area (TPSA) is 76.4 Å². The maximum absolute atomic E-state index is 10.1. The van der Waals surface area contributed by atoms with Crippen LogP contribution in [-0.4, -0.2) is 6.10 Å². The number of anilines is 5. The lowest BCUT2D eigenvalue weighted by Gasteiger charge is -2.36. The Morgan fingerprint density at radius 2 is 0.938 bits per heavy atom. The van der Waals surface area contributed by atoms with Crippen molar-refractivity contribution in [2.75, 3.05) is 9.80 Å². The molecule has 1 spiro atoms. The monoisotopic (exact) mass is 1030 g/mol. The zero-order valence-electron chi connectivity index (χ0n) is 43.5. The summed E-state index contributed by atoms with van der Waals surface area (Å²) in [6.45, 7) is 0. The zero-order chi connectivity index (χ0) is 53.5. The van der Waals surface area contributed by atoms with E-state index in [0.717, 1.165) is 78.5 Å². The summed E-state index contributed by atoms with van der Waals surface area (Å²) in [4.78, 5) is 4.64. The fourth-order valence-corrected chi connectivity index (χ4v) is 14.2. The molecule has 13 aromatic rings. The smallest absolute Gasteiger partial charge is 0.159 e. The molecule has 3 atom stereocenters. The third-order valence-electron chi connectivity index (χ3n) is 17.7. The van der Waals surface area contributed by atoms with Gasteiger partial charge in [0, 0.05) is 45.0 Å². The van der Waals surface area contributed by atoms with E-state index in [4.69, 9.17) is 9.15 Å². The molecule has 376 valence electrons. The Morgan fingerprint density at radius 3 is 1.63 bits per heavy atom. The second-order valence-electron chi connectivity index (χ2n) is 21.6. The number of nitrogens with zero attached hydrogens (tertiary/aromatic N) is 4. The number of fused-ring (bicyclic) bond motifs is 22. The number of benzene rings is 12. The van der Waals surface area contributed by atoms with Crippen molar-refractivity contribution >= 4 is 82.7 Å². The Hall–Kier alpha value is -10.9.